The second kappa shape index (κ2) is 8.47. The summed E-state index contributed by atoms with van der Waals surface area (Å²) >= 11 is 0. The molecular formula is C23H25N3O3. The van der Waals surface area contributed by atoms with Crippen LogP contribution in [0.5, 0.6) is 5.88 Å². The average molecular weight is 391 g/mol. The lowest BCUT2D eigenvalue weighted by atomic mass is 9.97. The lowest BCUT2D eigenvalue weighted by molar-refractivity contribution is -0.148. The molecule has 3 heterocycles. The summed E-state index contributed by atoms with van der Waals surface area (Å²) in [5.41, 5.74) is 2.99. The highest BCUT2D eigenvalue weighted by Crippen LogP contribution is 2.30. The molecule has 0 saturated carbocycles. The van der Waals surface area contributed by atoms with E-state index in [9.17, 15) is 4.79 Å². The molecule has 0 spiro atoms. The first-order valence-corrected chi connectivity index (χ1v) is 10.0. The molecule has 29 heavy (non-hydrogen) atoms. The van der Waals surface area contributed by atoms with Crippen molar-refractivity contribution in [2.24, 2.45) is 5.92 Å². The Labute approximate surface area is 170 Å². The number of hydrogen-bond donors (Lipinski definition) is 0. The highest BCUT2D eigenvalue weighted by molar-refractivity contribution is 5.94. The number of anilines is 1. The minimum absolute atomic E-state index is 0.00686. The van der Waals surface area contributed by atoms with Crippen LogP contribution in [0, 0.1) is 5.92 Å². The maximum Gasteiger partial charge on any atom is 0.309 e. The lowest BCUT2D eigenvalue weighted by Crippen LogP contribution is -2.37. The molecular weight excluding hydrogens is 366 g/mol. The summed E-state index contributed by atoms with van der Waals surface area (Å²) in [6.45, 7) is 3.89. The molecule has 4 rings (SSSR count). The summed E-state index contributed by atoms with van der Waals surface area (Å²) in [7, 11) is 1.61. The van der Waals surface area contributed by atoms with E-state index in [4.69, 9.17) is 14.5 Å². The predicted octanol–water partition coefficient (Wildman–Crippen LogP) is 4.08. The third kappa shape index (κ3) is 4.01. The van der Waals surface area contributed by atoms with Crippen LogP contribution in [0.15, 0.2) is 48.7 Å². The topological polar surface area (TPSA) is 64.5 Å². The number of rotatable bonds is 5. The molecule has 0 aliphatic carbocycles. The Hall–Kier alpha value is -3.15. The monoisotopic (exact) mass is 391 g/mol. The fourth-order valence-corrected chi connectivity index (χ4v) is 3.81. The number of ether oxygens (including phenoxy) is 2. The van der Waals surface area contributed by atoms with Crippen LogP contribution in [0.3, 0.4) is 0 Å². The van der Waals surface area contributed by atoms with Gasteiger partial charge in [-0.15, -0.1) is 0 Å². The van der Waals surface area contributed by atoms with Crippen LogP contribution < -0.4 is 9.64 Å². The molecule has 3 aromatic rings. The minimum atomic E-state index is -0.0760. The van der Waals surface area contributed by atoms with Crippen molar-refractivity contribution in [1.82, 2.24) is 9.97 Å². The molecule has 1 aliphatic rings. The molecule has 6 nitrogen and oxygen atoms in total. The van der Waals surface area contributed by atoms with Gasteiger partial charge in [0.15, 0.2) is 0 Å². The summed E-state index contributed by atoms with van der Waals surface area (Å²) in [5.74, 6) is 1.45. The van der Waals surface area contributed by atoms with Crippen molar-refractivity contribution in [2.75, 3.05) is 31.7 Å². The number of methoxy groups -OCH3 is 1. The summed E-state index contributed by atoms with van der Waals surface area (Å²) in [4.78, 5) is 23.5. The largest absolute Gasteiger partial charge is 0.481 e. The van der Waals surface area contributed by atoms with Gasteiger partial charge in [-0.05, 0) is 38.0 Å². The second-order valence-electron chi connectivity index (χ2n) is 7.15. The van der Waals surface area contributed by atoms with E-state index in [-0.39, 0.29) is 11.9 Å². The van der Waals surface area contributed by atoms with Crippen molar-refractivity contribution in [2.45, 2.75) is 19.8 Å². The standard InChI is InChI=1S/C23H25N3O3/c1-3-29-23(27)17-11-13-26(14-12-17)20-9-7-16-5-4-6-19(22(16)25-20)18-8-10-21(28-2)24-15-18/h4-10,15,17H,3,11-14H2,1-2H3. The van der Waals surface area contributed by atoms with Gasteiger partial charge in [-0.3, -0.25) is 4.79 Å². The molecule has 1 aromatic carbocycles. The van der Waals surface area contributed by atoms with Gasteiger partial charge in [0.1, 0.15) is 5.82 Å². The molecule has 0 radical (unpaired) electrons. The number of para-hydroxylation sites is 1. The van der Waals surface area contributed by atoms with Crippen LogP contribution in [-0.4, -0.2) is 42.7 Å². The van der Waals surface area contributed by atoms with Gasteiger partial charge in [-0.2, -0.15) is 0 Å². The molecule has 1 fully saturated rings. The molecule has 1 saturated heterocycles. The van der Waals surface area contributed by atoms with Gasteiger partial charge in [0.05, 0.1) is 25.2 Å². The van der Waals surface area contributed by atoms with E-state index in [0.29, 0.717) is 12.5 Å². The molecule has 0 N–H and O–H groups in total. The van der Waals surface area contributed by atoms with Crippen molar-refractivity contribution in [3.05, 3.63) is 48.7 Å². The number of nitrogens with zero attached hydrogens (tertiary/aromatic N) is 3. The molecule has 2 aromatic heterocycles. The van der Waals surface area contributed by atoms with Crippen LogP contribution in [-0.2, 0) is 9.53 Å². The Bertz CT molecular complexity index is 996. The van der Waals surface area contributed by atoms with Gasteiger partial charge >= 0.3 is 5.97 Å². The first-order chi connectivity index (χ1) is 14.2. The van der Waals surface area contributed by atoms with Crippen molar-refractivity contribution in [3.63, 3.8) is 0 Å². The number of benzene rings is 1. The van der Waals surface area contributed by atoms with Gasteiger partial charge in [-0.25, -0.2) is 9.97 Å². The molecule has 0 atom stereocenters. The van der Waals surface area contributed by atoms with Crippen LogP contribution in [0.1, 0.15) is 19.8 Å². The molecule has 150 valence electrons. The van der Waals surface area contributed by atoms with Gasteiger partial charge in [0.2, 0.25) is 5.88 Å². The Balaban J connectivity index is 1.60. The SMILES string of the molecule is CCOC(=O)C1CCN(c2ccc3cccc(-c4ccc(OC)nc4)c3n2)CC1. The van der Waals surface area contributed by atoms with Crippen LogP contribution in [0.2, 0.25) is 0 Å². The zero-order valence-electron chi connectivity index (χ0n) is 16.8. The molecule has 0 bridgehead atoms. The second-order valence-corrected chi connectivity index (χ2v) is 7.15. The van der Waals surface area contributed by atoms with Crippen molar-refractivity contribution in [1.29, 1.82) is 0 Å². The van der Waals surface area contributed by atoms with Crippen molar-refractivity contribution in [3.8, 4) is 17.0 Å². The zero-order valence-corrected chi connectivity index (χ0v) is 16.8. The summed E-state index contributed by atoms with van der Waals surface area (Å²) in [6.07, 6.45) is 3.40. The third-order valence-electron chi connectivity index (χ3n) is 5.40. The number of pyridine rings is 2. The fraction of sp³-hybridized carbons (Fsp3) is 0.348. The van der Waals surface area contributed by atoms with Gasteiger partial charge < -0.3 is 14.4 Å². The number of carbonyl (C=O) groups excluding carboxylic acids is 1. The number of aromatic nitrogens is 2. The van der Waals surface area contributed by atoms with Crippen LogP contribution >= 0.6 is 0 Å². The minimum Gasteiger partial charge on any atom is -0.481 e. The Morgan fingerprint density at radius 1 is 1.14 bits per heavy atom. The smallest absolute Gasteiger partial charge is 0.309 e. The quantitative estimate of drug-likeness (QED) is 0.611. The normalized spacial score (nSPS) is 14.8. The van der Waals surface area contributed by atoms with E-state index in [1.165, 1.54) is 0 Å². The predicted molar refractivity (Wildman–Crippen MR) is 113 cm³/mol. The highest BCUT2D eigenvalue weighted by Gasteiger charge is 2.26. The Kier molecular flexibility index (Phi) is 5.60. The molecule has 6 heteroatoms. The van der Waals surface area contributed by atoms with Gasteiger partial charge in [-0.1, -0.05) is 18.2 Å². The van der Waals surface area contributed by atoms with E-state index < -0.39 is 0 Å². The van der Waals surface area contributed by atoms with Gasteiger partial charge in [0, 0.05) is 41.9 Å². The van der Waals surface area contributed by atoms with E-state index in [2.05, 4.69) is 34.1 Å². The highest BCUT2D eigenvalue weighted by atomic mass is 16.5. The first-order valence-electron chi connectivity index (χ1n) is 10.0. The van der Waals surface area contributed by atoms with Crippen molar-refractivity contribution < 1.29 is 14.3 Å². The number of esters is 1. The maximum absolute atomic E-state index is 12.0. The van der Waals surface area contributed by atoms with Crippen molar-refractivity contribution >= 4 is 22.7 Å². The van der Waals surface area contributed by atoms with Crippen LogP contribution in [0.25, 0.3) is 22.0 Å². The van der Waals surface area contributed by atoms with E-state index in [1.807, 2.05) is 31.3 Å². The van der Waals surface area contributed by atoms with E-state index in [0.717, 1.165) is 53.8 Å². The Morgan fingerprint density at radius 2 is 1.97 bits per heavy atom. The summed E-state index contributed by atoms with van der Waals surface area (Å²) in [6, 6.07) is 14.2. The lowest BCUT2D eigenvalue weighted by Gasteiger charge is -2.31. The molecule has 0 amide bonds. The summed E-state index contributed by atoms with van der Waals surface area (Å²) in [5, 5.41) is 1.09. The maximum atomic E-state index is 12.0. The molecule has 1 aliphatic heterocycles. The average Bonchev–Trinajstić information content (AvgIpc) is 2.78. The number of fused-ring (bicyclic) bond motifs is 1. The zero-order chi connectivity index (χ0) is 20.2. The number of hydrogen-bond acceptors (Lipinski definition) is 6. The fourth-order valence-electron chi connectivity index (χ4n) is 3.81. The van der Waals surface area contributed by atoms with Gasteiger partial charge in [0.25, 0.3) is 0 Å². The number of carbonyl (C=O) groups is 1. The van der Waals surface area contributed by atoms with Crippen LogP contribution in [0.4, 0.5) is 5.82 Å². The number of piperidine rings is 1. The molecule has 0 unspecified atom stereocenters. The first kappa shape index (κ1) is 19.2. The van der Waals surface area contributed by atoms with E-state index in [1.54, 1.807) is 7.11 Å². The summed E-state index contributed by atoms with van der Waals surface area (Å²) < 4.78 is 10.3. The third-order valence-corrected chi connectivity index (χ3v) is 5.40. The Morgan fingerprint density at radius 3 is 2.66 bits per heavy atom. The van der Waals surface area contributed by atoms with E-state index >= 15 is 0 Å².